The van der Waals surface area contributed by atoms with E-state index in [-0.39, 0.29) is 42.8 Å². The van der Waals surface area contributed by atoms with Crippen LogP contribution in [0.4, 0.5) is 4.39 Å². The highest BCUT2D eigenvalue weighted by Gasteiger charge is 2.32. The highest BCUT2D eigenvalue weighted by Crippen LogP contribution is 2.39. The number of aromatic nitrogens is 4. The zero-order valence-electron chi connectivity index (χ0n) is 48.7. The van der Waals surface area contributed by atoms with Crippen LogP contribution < -0.4 is 42.2 Å². The van der Waals surface area contributed by atoms with E-state index >= 15 is 0 Å². The van der Waals surface area contributed by atoms with Gasteiger partial charge in [0.05, 0.1) is 60.5 Å². The summed E-state index contributed by atoms with van der Waals surface area (Å²) < 4.78 is 25.5. The van der Waals surface area contributed by atoms with Crippen molar-refractivity contribution in [2.24, 2.45) is 11.5 Å². The highest BCUT2D eigenvalue weighted by molar-refractivity contribution is 7.08. The van der Waals surface area contributed by atoms with E-state index in [1.165, 1.54) is 28.8 Å². The molecule has 0 saturated carbocycles. The third kappa shape index (κ3) is 15.7. The third-order valence-electron chi connectivity index (χ3n) is 16.1. The number of carbonyl (C=O) groups is 4. The Morgan fingerprint density at radius 1 is 0.533 bits per heavy atom. The van der Waals surface area contributed by atoms with Gasteiger partial charge in [0.25, 0.3) is 11.8 Å². The lowest BCUT2D eigenvalue weighted by molar-refractivity contribution is -0.120. The minimum atomic E-state index is -0.916. The number of thiophene rings is 1. The number of H-pyrrole nitrogens is 2. The summed E-state index contributed by atoms with van der Waals surface area (Å²) in [6, 6.07) is 48.3. The molecule has 6 atom stereocenters. The van der Waals surface area contributed by atoms with Gasteiger partial charge in [0, 0.05) is 71.3 Å². The van der Waals surface area contributed by atoms with Gasteiger partial charge in [-0.1, -0.05) is 132 Å². The number of carbonyl (C=O) groups excluding carboxylic acids is 4. The smallest absolute Gasteiger partial charge is 0.255 e. The first-order chi connectivity index (χ1) is 43.8. The highest BCUT2D eigenvalue weighted by atomic mass is 35.5. The van der Waals surface area contributed by atoms with Crippen molar-refractivity contribution in [2.45, 2.75) is 74.8 Å². The van der Waals surface area contributed by atoms with Crippen LogP contribution in [0.1, 0.15) is 102 Å². The lowest BCUT2D eigenvalue weighted by Gasteiger charge is -2.31. The molecule has 5 heterocycles. The second kappa shape index (κ2) is 29.3. The van der Waals surface area contributed by atoms with Crippen LogP contribution in [0.15, 0.2) is 200 Å². The fourth-order valence-electron chi connectivity index (χ4n) is 11.3. The number of hydrogen-bond acceptors (Lipinski definition) is 11. The molecule has 2 aliphatic rings. The number of primary amides is 2. The van der Waals surface area contributed by atoms with Crippen LogP contribution in [0.2, 0.25) is 10.0 Å². The molecule has 0 radical (unpaired) electrons. The van der Waals surface area contributed by atoms with Crippen molar-refractivity contribution in [3.05, 3.63) is 271 Å². The van der Waals surface area contributed by atoms with E-state index in [2.05, 4.69) is 94.4 Å². The number of hydrogen-bond donors (Lipinski definition) is 8. The summed E-state index contributed by atoms with van der Waals surface area (Å²) in [7, 11) is 0. The van der Waals surface area contributed by atoms with Gasteiger partial charge < -0.3 is 52.2 Å². The van der Waals surface area contributed by atoms with Crippen molar-refractivity contribution in [1.82, 2.24) is 41.2 Å². The Bertz CT molecular complexity index is 4030. The molecule has 0 spiro atoms. The van der Waals surface area contributed by atoms with E-state index in [4.69, 9.17) is 44.1 Å². The van der Waals surface area contributed by atoms with Crippen LogP contribution in [0.3, 0.4) is 0 Å². The minimum Gasteiger partial charge on any atom is -0.492 e. The summed E-state index contributed by atoms with van der Waals surface area (Å²) in [4.78, 5) is 66.6. The first kappa shape index (κ1) is 62.2. The molecule has 2 aliphatic heterocycles. The maximum Gasteiger partial charge on any atom is 0.255 e. The van der Waals surface area contributed by atoms with E-state index < -0.39 is 35.7 Å². The molecule has 4 amide bonds. The predicted molar refractivity (Wildman–Crippen MR) is 348 cm³/mol. The zero-order chi connectivity index (χ0) is 62.5. The summed E-state index contributed by atoms with van der Waals surface area (Å²) in [5.74, 6) is -1.40. The van der Waals surface area contributed by atoms with Crippen LogP contribution in [-0.4, -0.2) is 68.9 Å². The van der Waals surface area contributed by atoms with Gasteiger partial charge in [-0.25, -0.2) is 14.4 Å². The number of para-hydroxylation sites is 2. The second-order valence-corrected chi connectivity index (χ2v) is 23.8. The van der Waals surface area contributed by atoms with E-state index in [0.29, 0.717) is 58.7 Å². The number of nitrogens with zero attached hydrogens (tertiary/aromatic N) is 2. The number of nitrogens with one attached hydrogen (secondary N) is 6. The molecule has 20 heteroatoms. The minimum absolute atomic E-state index is 0.0588. The summed E-state index contributed by atoms with van der Waals surface area (Å²) in [5.41, 5.74) is 24.0. The Kier molecular flexibility index (Phi) is 20.2. The van der Waals surface area contributed by atoms with Crippen molar-refractivity contribution in [3.63, 3.8) is 0 Å². The van der Waals surface area contributed by atoms with Gasteiger partial charge in [0.1, 0.15) is 29.4 Å². The number of imidazole rings is 2. The second-order valence-electron chi connectivity index (χ2n) is 22.1. The number of amides is 4. The summed E-state index contributed by atoms with van der Waals surface area (Å²) in [6.07, 6.45) is 10.3. The van der Waals surface area contributed by atoms with E-state index in [1.54, 1.807) is 90.9 Å². The number of rotatable bonds is 22. The third-order valence-corrected chi connectivity index (χ3v) is 17.2. The van der Waals surface area contributed by atoms with Crippen molar-refractivity contribution in [3.8, 4) is 33.8 Å². The summed E-state index contributed by atoms with van der Waals surface area (Å²) in [5, 5.41) is 18.6. The molecule has 90 heavy (non-hydrogen) atoms. The average Bonchev–Trinajstić information content (AvgIpc) is 2.68. The molecule has 4 unspecified atom stereocenters. The molecule has 0 aliphatic carbocycles. The Hall–Kier alpha value is -9.43. The Labute approximate surface area is 534 Å². The number of nitrogens with two attached hydrogens (primary N) is 2. The largest absolute Gasteiger partial charge is 0.492 e. The molecule has 458 valence electrons. The number of halogens is 3. The van der Waals surface area contributed by atoms with Crippen molar-refractivity contribution < 1.29 is 33.0 Å². The van der Waals surface area contributed by atoms with Crippen LogP contribution in [0, 0.1) is 5.82 Å². The Balaban J connectivity index is 0.000000185. The maximum atomic E-state index is 13.5. The van der Waals surface area contributed by atoms with Gasteiger partial charge in [0.15, 0.2) is 0 Å². The Morgan fingerprint density at radius 2 is 0.933 bits per heavy atom. The maximum absolute atomic E-state index is 13.5. The molecular formula is C70H65Cl2FN10O6S. The van der Waals surface area contributed by atoms with Gasteiger partial charge in [-0.15, -0.1) is 0 Å². The summed E-state index contributed by atoms with van der Waals surface area (Å²) in [6.45, 7) is 0.838. The Morgan fingerprint density at radius 3 is 1.32 bits per heavy atom. The summed E-state index contributed by atoms with van der Waals surface area (Å²) >= 11 is 13.7. The SMILES string of the molecule is NC(=O)[C@H](Cc1ccc(Cl)cc1)NC(=O)c1cccc2c1OCCC2NC(Cc1ccc(-c2ccc(F)cc2)cc1)c1cnc[nH]1.NC(=O)[C@H](Cc1ccc(Cl)cc1)NC(=O)c1cccc2c1OCCC2NC(Cc1ccc(-c2ccsc2)cc1)c1cnc[nH]1. The first-order valence-electron chi connectivity index (χ1n) is 29.4. The molecule has 0 bridgehead atoms. The standard InChI is InChI=1S/C36H33ClFN5O3.C34H32ClN5O3S/c37-26-12-6-23(7-13-26)19-32(35(39)44)43-36(45)29-3-1-2-28-30(16-17-46-34(28)29)42-31(33-20-40-21-41-33)18-22-4-8-24(9-5-22)25-10-14-27(38)15-11-25;35-25-10-6-22(7-11-25)17-30(33(36)41)40-34(42)27-3-1-2-26-28(12-14-43-32(26)27)39-29(31-18-37-20-38-31)16-21-4-8-23(9-5-21)24-13-15-44-19-24/h1-15,20-21,30-32,42H,16-19H2,(H2,39,44)(H,40,41)(H,43,45);1-11,13,15,18-20,28-30,39H,12,14,16-17H2,(H2,36,41)(H,37,38)(H,40,42)/t30?,31?,32-;28?,29?,30-/m00/s1. The molecule has 12 rings (SSSR count). The molecule has 7 aromatic carbocycles. The van der Waals surface area contributed by atoms with Gasteiger partial charge in [-0.3, -0.25) is 19.2 Å². The predicted octanol–water partition coefficient (Wildman–Crippen LogP) is 12.1. The molecule has 0 saturated heterocycles. The van der Waals surface area contributed by atoms with E-state index in [1.807, 2.05) is 54.7 Å². The molecule has 10 aromatic rings. The average molecular weight is 1260 g/mol. The first-order valence-corrected chi connectivity index (χ1v) is 31.1. The van der Waals surface area contributed by atoms with E-state index in [9.17, 15) is 23.6 Å². The molecule has 3 aromatic heterocycles. The normalized spacial score (nSPS) is 15.4. The van der Waals surface area contributed by atoms with Crippen LogP contribution in [0.25, 0.3) is 22.3 Å². The van der Waals surface area contributed by atoms with Crippen molar-refractivity contribution >= 4 is 58.2 Å². The van der Waals surface area contributed by atoms with Crippen LogP contribution in [0.5, 0.6) is 11.5 Å². The van der Waals surface area contributed by atoms with Crippen LogP contribution >= 0.6 is 34.5 Å². The van der Waals surface area contributed by atoms with Gasteiger partial charge >= 0.3 is 0 Å². The zero-order valence-corrected chi connectivity index (χ0v) is 51.0. The number of benzene rings is 7. The van der Waals surface area contributed by atoms with Crippen molar-refractivity contribution in [1.29, 1.82) is 0 Å². The quantitative estimate of drug-likeness (QED) is 0.0319. The molecule has 0 fully saturated rings. The topological polar surface area (TPSA) is 244 Å². The fourth-order valence-corrected chi connectivity index (χ4v) is 12.2. The number of aromatic amines is 2. The van der Waals surface area contributed by atoms with Crippen LogP contribution in [-0.2, 0) is 35.3 Å². The van der Waals surface area contributed by atoms with Gasteiger partial charge in [-0.2, -0.15) is 11.3 Å². The van der Waals surface area contributed by atoms with Gasteiger partial charge in [0.2, 0.25) is 11.8 Å². The van der Waals surface area contributed by atoms with E-state index in [0.717, 1.165) is 63.2 Å². The lowest BCUT2D eigenvalue weighted by atomic mass is 9.94. The fraction of sp³-hybridized carbons (Fsp3) is 0.200. The van der Waals surface area contributed by atoms with Gasteiger partial charge in [-0.05, 0) is 123 Å². The number of fused-ring (bicyclic) bond motifs is 2. The monoisotopic (exact) mass is 1260 g/mol. The van der Waals surface area contributed by atoms with Crippen molar-refractivity contribution in [2.75, 3.05) is 13.2 Å². The molecule has 16 nitrogen and oxygen atoms in total. The lowest BCUT2D eigenvalue weighted by Crippen LogP contribution is -2.46. The molecular weight excluding hydrogens is 1200 g/mol. The number of ether oxygens (including phenoxy) is 2. The molecule has 10 N–H and O–H groups in total.